The maximum atomic E-state index is 5.83. The second kappa shape index (κ2) is 6.39. The van der Waals surface area contributed by atoms with Gasteiger partial charge >= 0.3 is 0 Å². The van der Waals surface area contributed by atoms with Gasteiger partial charge in [-0.1, -0.05) is 42.5 Å². The average Bonchev–Trinajstić information content (AvgIpc) is 2.58. The standard InChI is InChI=1S/C19H19NO2/c1-21-17-9-7-14(8-10-17)11-16-13-22-19(20)12-18(16)15-5-3-2-4-6-15/h2-10,12-13,18H,11,20H2,1H3. The quantitative estimate of drug-likeness (QED) is 0.934. The summed E-state index contributed by atoms with van der Waals surface area (Å²) in [5.41, 5.74) is 9.45. The summed E-state index contributed by atoms with van der Waals surface area (Å²) < 4.78 is 10.6. The number of methoxy groups -OCH3 is 1. The molecule has 1 heterocycles. The number of hydrogen-bond acceptors (Lipinski definition) is 3. The Morgan fingerprint density at radius 2 is 1.77 bits per heavy atom. The minimum absolute atomic E-state index is 0.150. The smallest absolute Gasteiger partial charge is 0.186 e. The van der Waals surface area contributed by atoms with Crippen LogP contribution in [-0.2, 0) is 11.2 Å². The zero-order chi connectivity index (χ0) is 15.4. The molecule has 0 bridgehead atoms. The molecule has 1 aliphatic rings. The number of allylic oxidation sites excluding steroid dienone is 2. The Hall–Kier alpha value is -2.68. The van der Waals surface area contributed by atoms with Gasteiger partial charge in [-0.3, -0.25) is 0 Å². The SMILES string of the molecule is COc1ccc(CC2=COC(N)=CC2c2ccccc2)cc1. The normalized spacial score (nSPS) is 17.2. The summed E-state index contributed by atoms with van der Waals surface area (Å²) in [6, 6.07) is 18.4. The van der Waals surface area contributed by atoms with Gasteiger partial charge in [-0.15, -0.1) is 0 Å². The van der Waals surface area contributed by atoms with Crippen molar-refractivity contribution in [3.05, 3.63) is 89.5 Å². The minimum Gasteiger partial charge on any atom is -0.497 e. The van der Waals surface area contributed by atoms with Crippen LogP contribution in [0.15, 0.2) is 78.4 Å². The highest BCUT2D eigenvalue weighted by atomic mass is 16.5. The highest BCUT2D eigenvalue weighted by Crippen LogP contribution is 2.32. The van der Waals surface area contributed by atoms with Crippen LogP contribution in [0.4, 0.5) is 0 Å². The van der Waals surface area contributed by atoms with E-state index in [4.69, 9.17) is 15.2 Å². The molecule has 2 N–H and O–H groups in total. The molecule has 1 atom stereocenters. The molecule has 3 heteroatoms. The van der Waals surface area contributed by atoms with Crippen molar-refractivity contribution in [3.63, 3.8) is 0 Å². The summed E-state index contributed by atoms with van der Waals surface area (Å²) in [5, 5.41) is 0. The monoisotopic (exact) mass is 293 g/mol. The third kappa shape index (κ3) is 3.14. The van der Waals surface area contributed by atoms with Crippen molar-refractivity contribution < 1.29 is 9.47 Å². The third-order valence-corrected chi connectivity index (χ3v) is 3.80. The van der Waals surface area contributed by atoms with E-state index in [-0.39, 0.29) is 5.92 Å². The van der Waals surface area contributed by atoms with E-state index in [0.29, 0.717) is 5.88 Å². The maximum absolute atomic E-state index is 5.83. The molecule has 2 aromatic carbocycles. The molecule has 0 amide bonds. The molecular weight excluding hydrogens is 274 g/mol. The number of hydrogen-bond donors (Lipinski definition) is 1. The number of nitrogens with two attached hydrogens (primary N) is 1. The van der Waals surface area contributed by atoms with E-state index in [0.717, 1.165) is 12.2 Å². The highest BCUT2D eigenvalue weighted by Gasteiger charge is 2.19. The van der Waals surface area contributed by atoms with Crippen LogP contribution < -0.4 is 10.5 Å². The van der Waals surface area contributed by atoms with Gasteiger partial charge in [-0.05, 0) is 41.3 Å². The highest BCUT2D eigenvalue weighted by molar-refractivity contribution is 5.39. The molecule has 22 heavy (non-hydrogen) atoms. The fourth-order valence-corrected chi connectivity index (χ4v) is 2.63. The fraction of sp³-hybridized carbons (Fsp3) is 0.158. The van der Waals surface area contributed by atoms with Gasteiger partial charge < -0.3 is 15.2 Å². The topological polar surface area (TPSA) is 44.5 Å². The van der Waals surface area contributed by atoms with Crippen molar-refractivity contribution in [2.45, 2.75) is 12.3 Å². The van der Waals surface area contributed by atoms with Crippen LogP contribution in [0.5, 0.6) is 5.75 Å². The summed E-state index contributed by atoms with van der Waals surface area (Å²) in [5.74, 6) is 1.46. The van der Waals surface area contributed by atoms with Crippen molar-refractivity contribution >= 4 is 0 Å². The van der Waals surface area contributed by atoms with Gasteiger partial charge in [0.05, 0.1) is 13.4 Å². The van der Waals surface area contributed by atoms with Gasteiger partial charge in [0.2, 0.25) is 0 Å². The van der Waals surface area contributed by atoms with E-state index in [2.05, 4.69) is 24.3 Å². The summed E-state index contributed by atoms with van der Waals surface area (Å²) in [6.45, 7) is 0. The lowest BCUT2D eigenvalue weighted by Crippen LogP contribution is -2.13. The first-order valence-electron chi connectivity index (χ1n) is 7.27. The van der Waals surface area contributed by atoms with Gasteiger partial charge in [0.15, 0.2) is 5.88 Å². The first kappa shape index (κ1) is 14.3. The van der Waals surface area contributed by atoms with Gasteiger partial charge in [0, 0.05) is 5.92 Å². The van der Waals surface area contributed by atoms with Gasteiger partial charge in [-0.25, -0.2) is 0 Å². The van der Waals surface area contributed by atoms with Gasteiger partial charge in [0.1, 0.15) is 5.75 Å². The summed E-state index contributed by atoms with van der Waals surface area (Å²) >= 11 is 0. The molecule has 0 saturated heterocycles. The second-order valence-corrected chi connectivity index (χ2v) is 5.29. The maximum Gasteiger partial charge on any atom is 0.186 e. The largest absolute Gasteiger partial charge is 0.497 e. The molecule has 0 fully saturated rings. The summed E-state index contributed by atoms with van der Waals surface area (Å²) in [4.78, 5) is 0. The van der Waals surface area contributed by atoms with Crippen molar-refractivity contribution in [2.24, 2.45) is 5.73 Å². The Morgan fingerprint density at radius 1 is 1.05 bits per heavy atom. The van der Waals surface area contributed by atoms with Crippen molar-refractivity contribution in [2.75, 3.05) is 7.11 Å². The van der Waals surface area contributed by atoms with E-state index in [1.165, 1.54) is 16.7 Å². The molecule has 3 rings (SSSR count). The molecule has 2 aromatic rings. The summed E-state index contributed by atoms with van der Waals surface area (Å²) in [6.07, 6.45) is 4.55. The van der Waals surface area contributed by atoms with Crippen LogP contribution in [0.1, 0.15) is 17.0 Å². The molecule has 0 saturated carbocycles. The molecule has 1 unspecified atom stereocenters. The van der Waals surface area contributed by atoms with E-state index >= 15 is 0 Å². The van der Waals surface area contributed by atoms with Gasteiger partial charge in [-0.2, -0.15) is 0 Å². The first-order valence-corrected chi connectivity index (χ1v) is 7.27. The van der Waals surface area contributed by atoms with Crippen molar-refractivity contribution in [3.8, 4) is 5.75 Å². The van der Waals surface area contributed by atoms with Crippen LogP contribution in [0.3, 0.4) is 0 Å². The van der Waals surface area contributed by atoms with Crippen LogP contribution >= 0.6 is 0 Å². The predicted molar refractivity (Wildman–Crippen MR) is 87.3 cm³/mol. The predicted octanol–water partition coefficient (Wildman–Crippen LogP) is 3.74. The Labute approximate surface area is 130 Å². The van der Waals surface area contributed by atoms with Crippen LogP contribution in [0.25, 0.3) is 0 Å². The Bertz CT molecular complexity index is 687. The number of rotatable bonds is 4. The Morgan fingerprint density at radius 3 is 2.45 bits per heavy atom. The molecule has 112 valence electrons. The summed E-state index contributed by atoms with van der Waals surface area (Å²) in [7, 11) is 1.67. The fourth-order valence-electron chi connectivity index (χ4n) is 2.63. The van der Waals surface area contributed by atoms with E-state index in [1.54, 1.807) is 13.4 Å². The lowest BCUT2D eigenvalue weighted by Gasteiger charge is -2.22. The number of benzene rings is 2. The average molecular weight is 293 g/mol. The molecule has 0 radical (unpaired) electrons. The van der Waals surface area contributed by atoms with Crippen molar-refractivity contribution in [1.82, 2.24) is 0 Å². The first-order chi connectivity index (χ1) is 10.8. The molecule has 0 aromatic heterocycles. The Balaban J connectivity index is 1.84. The molecule has 1 aliphatic heterocycles. The molecule has 3 nitrogen and oxygen atoms in total. The third-order valence-electron chi connectivity index (χ3n) is 3.80. The number of ether oxygens (including phenoxy) is 2. The lowest BCUT2D eigenvalue weighted by atomic mass is 9.87. The van der Waals surface area contributed by atoms with Crippen LogP contribution in [0.2, 0.25) is 0 Å². The van der Waals surface area contributed by atoms with Gasteiger partial charge in [0.25, 0.3) is 0 Å². The lowest BCUT2D eigenvalue weighted by molar-refractivity contribution is 0.327. The second-order valence-electron chi connectivity index (χ2n) is 5.29. The van der Waals surface area contributed by atoms with Crippen LogP contribution in [0, 0.1) is 0 Å². The zero-order valence-electron chi connectivity index (χ0n) is 12.5. The molecule has 0 spiro atoms. The molecule has 0 aliphatic carbocycles. The van der Waals surface area contributed by atoms with E-state index in [9.17, 15) is 0 Å². The zero-order valence-corrected chi connectivity index (χ0v) is 12.5. The molecular formula is C19H19NO2. The van der Waals surface area contributed by atoms with E-state index < -0.39 is 0 Å². The van der Waals surface area contributed by atoms with Crippen LogP contribution in [-0.4, -0.2) is 7.11 Å². The van der Waals surface area contributed by atoms with Crippen molar-refractivity contribution in [1.29, 1.82) is 0 Å². The Kier molecular flexibility index (Phi) is 4.15. The van der Waals surface area contributed by atoms with E-state index in [1.807, 2.05) is 36.4 Å². The minimum atomic E-state index is 0.150.